The fourth-order valence-electron chi connectivity index (χ4n) is 5.05. The van der Waals surface area contributed by atoms with Gasteiger partial charge in [0, 0.05) is 19.3 Å². The summed E-state index contributed by atoms with van der Waals surface area (Å²) in [6.45, 7) is 6.38. The molecule has 1 aliphatic heterocycles. The van der Waals surface area contributed by atoms with Gasteiger partial charge in [-0.1, -0.05) is 30.3 Å². The number of likely N-dealkylation sites (tertiary alicyclic amines) is 1. The second-order valence-electron chi connectivity index (χ2n) is 11.6. The van der Waals surface area contributed by atoms with Gasteiger partial charge in [0.2, 0.25) is 11.9 Å². The molecule has 8 nitrogen and oxygen atoms in total. The Hall–Kier alpha value is -4.22. The van der Waals surface area contributed by atoms with Crippen LogP contribution in [0.5, 0.6) is 0 Å². The largest absolute Gasteiger partial charge is 0.444 e. The molecule has 0 aliphatic carbocycles. The first kappa shape index (κ1) is 31.7. The summed E-state index contributed by atoms with van der Waals surface area (Å²) in [6.07, 6.45) is -3.04. The van der Waals surface area contributed by atoms with Crippen LogP contribution >= 0.6 is 0 Å². The maximum atomic E-state index is 15.1. The number of nitrogens with two attached hydrogens (primary N) is 1. The van der Waals surface area contributed by atoms with Gasteiger partial charge >= 0.3 is 12.3 Å². The predicted molar refractivity (Wildman–Crippen MR) is 153 cm³/mol. The molecule has 0 saturated carbocycles. The highest BCUT2D eigenvalue weighted by Gasteiger charge is 2.35. The number of rotatable bonds is 8. The van der Waals surface area contributed by atoms with Gasteiger partial charge in [0.1, 0.15) is 11.4 Å². The van der Waals surface area contributed by atoms with E-state index in [1.807, 2.05) is 0 Å². The van der Waals surface area contributed by atoms with Gasteiger partial charge in [0.25, 0.3) is 0 Å². The number of aromatic nitrogens is 2. The molecule has 1 saturated heterocycles. The maximum Gasteiger partial charge on any atom is 0.419 e. The number of piperidine rings is 1. The average molecular weight is 602 g/mol. The van der Waals surface area contributed by atoms with Crippen molar-refractivity contribution in [3.05, 3.63) is 82.4 Å². The number of nitrogens with zero attached hydrogens (tertiary/aromatic N) is 3. The van der Waals surface area contributed by atoms with Crippen LogP contribution in [0.15, 0.2) is 48.7 Å². The lowest BCUT2D eigenvalue weighted by Crippen LogP contribution is -2.41. The first-order valence-electron chi connectivity index (χ1n) is 14.0. The smallest absolute Gasteiger partial charge is 0.419 e. The molecule has 0 bridgehead atoms. The zero-order valence-corrected chi connectivity index (χ0v) is 24.3. The van der Waals surface area contributed by atoms with Gasteiger partial charge in [-0.25, -0.2) is 19.2 Å². The Morgan fingerprint density at radius 3 is 2.33 bits per heavy atom. The highest BCUT2D eigenvalue weighted by molar-refractivity contribution is 5.77. The lowest BCUT2D eigenvalue weighted by atomic mass is 9.89. The Balaban J connectivity index is 1.46. The summed E-state index contributed by atoms with van der Waals surface area (Å²) in [4.78, 5) is 33.3. The van der Waals surface area contributed by atoms with Crippen LogP contribution in [0.25, 0.3) is 0 Å². The van der Waals surface area contributed by atoms with Gasteiger partial charge in [-0.2, -0.15) is 13.2 Å². The Morgan fingerprint density at radius 2 is 1.72 bits per heavy atom. The number of benzene rings is 2. The first-order chi connectivity index (χ1) is 20.2. The van der Waals surface area contributed by atoms with Gasteiger partial charge in [0.05, 0.1) is 23.4 Å². The van der Waals surface area contributed by atoms with E-state index in [-0.39, 0.29) is 48.6 Å². The van der Waals surface area contributed by atoms with Crippen LogP contribution in [-0.2, 0) is 35.0 Å². The average Bonchev–Trinajstić information content (AvgIpc) is 2.92. The van der Waals surface area contributed by atoms with E-state index in [2.05, 4.69) is 15.3 Å². The van der Waals surface area contributed by atoms with Crippen molar-refractivity contribution >= 4 is 23.6 Å². The third kappa shape index (κ3) is 8.65. The number of alkyl halides is 3. The molecular formula is C31H35F4N5O3. The number of carbonyl (C=O) groups excluding carboxylic acids is 2. The number of amides is 2. The molecule has 1 aromatic heterocycles. The SMILES string of the molecule is CC(C)(C)OC(=O)N1CCC(c2ccc(Nc3ncc(C(F)(F)F)c(CCc4ccccc4CC(N)=O)n3)c(F)c2)CC1. The highest BCUT2D eigenvalue weighted by Crippen LogP contribution is 2.34. The summed E-state index contributed by atoms with van der Waals surface area (Å²) in [7, 11) is 0. The van der Waals surface area contributed by atoms with E-state index in [0.29, 0.717) is 43.3 Å². The summed E-state index contributed by atoms with van der Waals surface area (Å²) in [5.74, 6) is -1.28. The second-order valence-corrected chi connectivity index (χ2v) is 11.6. The van der Waals surface area contributed by atoms with Gasteiger partial charge in [0.15, 0.2) is 0 Å². The molecule has 1 aliphatic rings. The van der Waals surface area contributed by atoms with E-state index in [1.165, 1.54) is 12.1 Å². The molecule has 43 heavy (non-hydrogen) atoms. The van der Waals surface area contributed by atoms with Crippen LogP contribution in [0.4, 0.5) is 34.0 Å². The minimum Gasteiger partial charge on any atom is -0.444 e. The van der Waals surface area contributed by atoms with Crippen molar-refractivity contribution in [2.24, 2.45) is 5.73 Å². The van der Waals surface area contributed by atoms with Crippen molar-refractivity contribution in [3.8, 4) is 0 Å². The minimum atomic E-state index is -4.69. The van der Waals surface area contributed by atoms with E-state index < -0.39 is 29.1 Å². The van der Waals surface area contributed by atoms with Crippen molar-refractivity contribution in [3.63, 3.8) is 0 Å². The predicted octanol–water partition coefficient (Wildman–Crippen LogP) is 6.31. The number of anilines is 2. The summed E-state index contributed by atoms with van der Waals surface area (Å²) in [5.41, 5.74) is 5.57. The molecule has 0 spiro atoms. The molecule has 0 atom stereocenters. The van der Waals surface area contributed by atoms with Crippen LogP contribution in [0, 0.1) is 5.82 Å². The van der Waals surface area contributed by atoms with Crippen LogP contribution in [0.2, 0.25) is 0 Å². The van der Waals surface area contributed by atoms with Crippen LogP contribution in [0.3, 0.4) is 0 Å². The molecule has 2 aromatic carbocycles. The Labute approximate surface area is 247 Å². The monoisotopic (exact) mass is 601 g/mol. The number of hydrogen-bond acceptors (Lipinski definition) is 6. The Bertz CT molecular complexity index is 1460. The fourth-order valence-corrected chi connectivity index (χ4v) is 5.05. The molecule has 1 fully saturated rings. The van der Waals surface area contributed by atoms with Crippen LogP contribution < -0.4 is 11.1 Å². The van der Waals surface area contributed by atoms with Crippen LogP contribution in [0.1, 0.15) is 67.5 Å². The Kier molecular flexibility index (Phi) is 9.56. The van der Waals surface area contributed by atoms with Gasteiger partial charge in [-0.3, -0.25) is 4.79 Å². The summed E-state index contributed by atoms with van der Waals surface area (Å²) < 4.78 is 61.9. The van der Waals surface area contributed by atoms with Crippen molar-refractivity contribution in [1.82, 2.24) is 14.9 Å². The quantitative estimate of drug-likeness (QED) is 0.293. The number of ether oxygens (including phenoxy) is 1. The third-order valence-electron chi connectivity index (χ3n) is 7.14. The van der Waals surface area contributed by atoms with Crippen LogP contribution in [-0.4, -0.2) is 45.6 Å². The van der Waals surface area contributed by atoms with E-state index >= 15 is 4.39 Å². The maximum absolute atomic E-state index is 15.1. The number of aryl methyl sites for hydroxylation is 2. The van der Waals surface area contributed by atoms with E-state index in [0.717, 1.165) is 5.56 Å². The first-order valence-corrected chi connectivity index (χ1v) is 14.0. The molecule has 2 amide bonds. The third-order valence-corrected chi connectivity index (χ3v) is 7.14. The molecule has 3 aromatic rings. The van der Waals surface area contributed by atoms with Gasteiger partial charge in [-0.05, 0) is 81.2 Å². The number of hydrogen-bond donors (Lipinski definition) is 2. The lowest BCUT2D eigenvalue weighted by Gasteiger charge is -2.33. The molecule has 230 valence electrons. The zero-order valence-electron chi connectivity index (χ0n) is 24.3. The number of nitrogens with one attached hydrogen (secondary N) is 1. The molecular weight excluding hydrogens is 566 g/mol. The normalized spacial score (nSPS) is 14.4. The molecule has 3 N–H and O–H groups in total. The number of halogens is 4. The van der Waals surface area contributed by atoms with Crippen molar-refractivity contribution in [2.75, 3.05) is 18.4 Å². The summed E-state index contributed by atoms with van der Waals surface area (Å²) in [5, 5.41) is 2.71. The minimum absolute atomic E-state index is 0.0208. The molecule has 0 unspecified atom stereocenters. The van der Waals surface area contributed by atoms with Gasteiger partial charge < -0.3 is 20.7 Å². The van der Waals surface area contributed by atoms with Crippen molar-refractivity contribution < 1.29 is 31.9 Å². The van der Waals surface area contributed by atoms with E-state index in [1.54, 1.807) is 56.0 Å². The molecule has 12 heteroatoms. The fraction of sp³-hybridized carbons (Fsp3) is 0.419. The Morgan fingerprint density at radius 1 is 1.05 bits per heavy atom. The van der Waals surface area contributed by atoms with E-state index in [9.17, 15) is 22.8 Å². The van der Waals surface area contributed by atoms with Gasteiger partial charge in [-0.15, -0.1) is 0 Å². The number of primary amides is 1. The number of carbonyl (C=O) groups is 2. The summed E-state index contributed by atoms with van der Waals surface area (Å²) in [6, 6.07) is 11.5. The lowest BCUT2D eigenvalue weighted by molar-refractivity contribution is -0.138. The standard InChI is InChI=1S/C31H35F4N5O3/c1-30(2,3)43-29(42)40-14-12-20(13-15-40)22-9-11-26(24(32)16-22)39-28-37-18-23(31(33,34)35)25(38-28)10-8-19-6-4-5-7-21(19)17-27(36)41/h4-7,9,11,16,18,20H,8,10,12-15,17H2,1-3H3,(H2,36,41)(H,37,38,39). The molecule has 0 radical (unpaired) electrons. The topological polar surface area (TPSA) is 110 Å². The zero-order chi connectivity index (χ0) is 31.4. The second kappa shape index (κ2) is 13.0. The molecule has 2 heterocycles. The van der Waals surface area contributed by atoms with Crippen molar-refractivity contribution in [1.29, 1.82) is 0 Å². The summed E-state index contributed by atoms with van der Waals surface area (Å²) >= 11 is 0. The highest BCUT2D eigenvalue weighted by atomic mass is 19.4. The van der Waals surface area contributed by atoms with Crippen molar-refractivity contribution in [2.45, 2.75) is 70.6 Å². The van der Waals surface area contributed by atoms with E-state index in [4.69, 9.17) is 10.5 Å². The molecule has 4 rings (SSSR count).